The summed E-state index contributed by atoms with van der Waals surface area (Å²) < 4.78 is 33.3. The number of hydrogen-bond donors (Lipinski definition) is 0. The zero-order valence-corrected chi connectivity index (χ0v) is 18.7. The van der Waals surface area contributed by atoms with Crippen molar-refractivity contribution >= 4 is 21.6 Å². The fourth-order valence-corrected chi connectivity index (χ4v) is 4.49. The highest BCUT2D eigenvalue weighted by molar-refractivity contribution is 7.95. The van der Waals surface area contributed by atoms with Crippen LogP contribution in [0, 0.1) is 25.2 Å². The Hall–Kier alpha value is -4.22. The van der Waals surface area contributed by atoms with Crippen molar-refractivity contribution in [1.29, 1.82) is 5.26 Å². The lowest BCUT2D eigenvalue weighted by Gasteiger charge is -2.12. The highest BCUT2D eigenvalue weighted by atomic mass is 32.2. The lowest BCUT2D eigenvalue weighted by atomic mass is 10.1. The largest absolute Gasteiger partial charge is 0.438 e. The number of benzene rings is 2. The van der Waals surface area contributed by atoms with Crippen LogP contribution >= 0.6 is 0 Å². The van der Waals surface area contributed by atoms with E-state index in [0.29, 0.717) is 11.4 Å². The van der Waals surface area contributed by atoms with Gasteiger partial charge in [-0.15, -0.1) is 0 Å². The summed E-state index contributed by atoms with van der Waals surface area (Å²) >= 11 is 0. The van der Waals surface area contributed by atoms with Crippen LogP contribution in [-0.2, 0) is 9.84 Å². The molecule has 4 aromatic rings. The van der Waals surface area contributed by atoms with Crippen LogP contribution in [0.3, 0.4) is 0 Å². The van der Waals surface area contributed by atoms with E-state index in [-0.39, 0.29) is 16.3 Å². The molecule has 0 bridgehead atoms. The lowest BCUT2D eigenvalue weighted by Crippen LogP contribution is -2.19. The molecule has 0 unspecified atom stereocenters. The quantitative estimate of drug-likeness (QED) is 0.411. The molecule has 164 valence electrons. The molecule has 0 spiro atoms. The number of aryl methyl sites for hydroxylation is 2. The molecule has 2 aromatic heterocycles. The van der Waals surface area contributed by atoms with Crippen molar-refractivity contribution in [2.75, 3.05) is 0 Å². The number of nitriles is 1. The van der Waals surface area contributed by atoms with Crippen LogP contribution < -0.4 is 10.3 Å². The molecule has 0 N–H and O–H groups in total. The average molecular weight is 458 g/mol. The SMILES string of the molecule is Cc1ccc(Oc2nc3ccccn3c(=O)c2C=C(C#N)S(=O)(=O)c2ccccc2)c(C)c1. The van der Waals surface area contributed by atoms with E-state index in [0.717, 1.165) is 17.2 Å². The van der Waals surface area contributed by atoms with Crippen molar-refractivity contribution < 1.29 is 13.2 Å². The molecule has 4 rings (SSSR count). The van der Waals surface area contributed by atoms with E-state index in [1.54, 1.807) is 48.5 Å². The van der Waals surface area contributed by atoms with Crippen molar-refractivity contribution in [3.8, 4) is 17.7 Å². The van der Waals surface area contributed by atoms with Crippen LogP contribution in [0.5, 0.6) is 11.6 Å². The summed E-state index contributed by atoms with van der Waals surface area (Å²) in [5, 5.41) is 9.68. The normalized spacial score (nSPS) is 11.8. The molecule has 0 saturated heterocycles. The second-order valence-electron chi connectivity index (χ2n) is 7.37. The molecular weight excluding hydrogens is 438 g/mol. The fourth-order valence-electron chi connectivity index (χ4n) is 3.33. The molecule has 0 aliphatic carbocycles. The summed E-state index contributed by atoms with van der Waals surface area (Å²) in [6.45, 7) is 3.80. The molecule has 2 heterocycles. The molecule has 0 aliphatic heterocycles. The maximum atomic E-state index is 13.3. The Morgan fingerprint density at radius 3 is 2.48 bits per heavy atom. The minimum Gasteiger partial charge on any atom is -0.438 e. The van der Waals surface area contributed by atoms with Crippen LogP contribution in [0.2, 0.25) is 0 Å². The van der Waals surface area contributed by atoms with Gasteiger partial charge in [0.2, 0.25) is 15.7 Å². The van der Waals surface area contributed by atoms with E-state index >= 15 is 0 Å². The molecule has 33 heavy (non-hydrogen) atoms. The molecular formula is C25H19N3O4S. The van der Waals surface area contributed by atoms with Crippen LogP contribution in [-0.4, -0.2) is 17.8 Å². The van der Waals surface area contributed by atoms with Crippen molar-refractivity contribution in [3.63, 3.8) is 0 Å². The van der Waals surface area contributed by atoms with Gasteiger partial charge < -0.3 is 4.74 Å². The minimum atomic E-state index is -4.15. The third kappa shape index (κ3) is 4.27. The van der Waals surface area contributed by atoms with Gasteiger partial charge in [0, 0.05) is 6.20 Å². The van der Waals surface area contributed by atoms with Gasteiger partial charge in [-0.05, 0) is 55.8 Å². The van der Waals surface area contributed by atoms with Gasteiger partial charge in [-0.25, -0.2) is 8.42 Å². The van der Waals surface area contributed by atoms with Gasteiger partial charge in [0.25, 0.3) is 5.56 Å². The third-order valence-corrected chi connectivity index (χ3v) is 6.68. The van der Waals surface area contributed by atoms with Gasteiger partial charge >= 0.3 is 0 Å². The van der Waals surface area contributed by atoms with E-state index in [1.165, 1.54) is 22.7 Å². The summed E-state index contributed by atoms with van der Waals surface area (Å²) in [6, 6.07) is 19.8. The number of fused-ring (bicyclic) bond motifs is 1. The van der Waals surface area contributed by atoms with Crippen molar-refractivity contribution in [1.82, 2.24) is 9.38 Å². The molecule has 8 heteroatoms. The predicted octanol–water partition coefficient (Wildman–Crippen LogP) is 4.44. The Bertz CT molecular complexity index is 1600. The molecule has 0 aliphatic rings. The number of pyridine rings is 1. The lowest BCUT2D eigenvalue weighted by molar-refractivity contribution is 0.457. The number of aromatic nitrogens is 2. The van der Waals surface area contributed by atoms with E-state index in [9.17, 15) is 18.5 Å². The van der Waals surface area contributed by atoms with Crippen molar-refractivity contribution in [2.45, 2.75) is 18.7 Å². The van der Waals surface area contributed by atoms with E-state index < -0.39 is 20.3 Å². The van der Waals surface area contributed by atoms with Gasteiger partial charge in [-0.3, -0.25) is 9.20 Å². The fraction of sp³-hybridized carbons (Fsp3) is 0.0800. The smallest absolute Gasteiger partial charge is 0.269 e. The molecule has 2 aromatic carbocycles. The Balaban J connectivity index is 1.95. The van der Waals surface area contributed by atoms with Crippen LogP contribution in [0.25, 0.3) is 11.7 Å². The predicted molar refractivity (Wildman–Crippen MR) is 125 cm³/mol. The second kappa shape index (κ2) is 8.73. The van der Waals surface area contributed by atoms with Crippen LogP contribution in [0.15, 0.2) is 87.5 Å². The summed E-state index contributed by atoms with van der Waals surface area (Å²) in [4.78, 5) is 17.1. The summed E-state index contributed by atoms with van der Waals surface area (Å²) in [7, 11) is -4.15. The van der Waals surface area contributed by atoms with Crippen molar-refractivity contribution in [3.05, 3.63) is 105 Å². The average Bonchev–Trinajstić information content (AvgIpc) is 2.81. The summed E-state index contributed by atoms with van der Waals surface area (Å²) in [5.41, 5.74) is 1.47. The van der Waals surface area contributed by atoms with Gasteiger partial charge in [0.05, 0.1) is 4.90 Å². The maximum Gasteiger partial charge on any atom is 0.269 e. The first kappa shape index (κ1) is 22.0. The standard InChI is InChI=1S/C25H19N3O4S/c1-17-11-12-22(18(2)14-17)32-24-21(25(29)28-13-7-6-10-23(28)27-24)15-20(16-26)33(30,31)19-8-4-3-5-9-19/h3-15H,1-2H3. The number of hydrogen-bond acceptors (Lipinski definition) is 6. The molecule has 7 nitrogen and oxygen atoms in total. The topological polar surface area (TPSA) is 102 Å². The highest BCUT2D eigenvalue weighted by Gasteiger charge is 2.23. The Labute approximate surface area is 190 Å². The zero-order chi connectivity index (χ0) is 23.6. The van der Waals surface area contributed by atoms with E-state index in [2.05, 4.69) is 4.98 Å². The van der Waals surface area contributed by atoms with Crippen LogP contribution in [0.1, 0.15) is 16.7 Å². The van der Waals surface area contributed by atoms with Gasteiger partial charge in [-0.2, -0.15) is 10.2 Å². The van der Waals surface area contributed by atoms with Gasteiger partial charge in [0.1, 0.15) is 27.9 Å². The molecule has 0 atom stereocenters. The number of nitrogens with zero attached hydrogens (tertiary/aromatic N) is 3. The Morgan fingerprint density at radius 1 is 1.06 bits per heavy atom. The number of allylic oxidation sites excluding steroid dienone is 1. The number of sulfone groups is 1. The Morgan fingerprint density at radius 2 is 1.79 bits per heavy atom. The first-order chi connectivity index (χ1) is 15.8. The highest BCUT2D eigenvalue weighted by Crippen LogP contribution is 2.29. The monoisotopic (exact) mass is 457 g/mol. The molecule has 0 radical (unpaired) electrons. The van der Waals surface area contributed by atoms with E-state index in [1.807, 2.05) is 26.0 Å². The van der Waals surface area contributed by atoms with Gasteiger partial charge in [0.15, 0.2) is 0 Å². The molecule has 0 saturated carbocycles. The third-order valence-electron chi connectivity index (χ3n) is 5.00. The summed E-state index contributed by atoms with van der Waals surface area (Å²) in [5.74, 6) is 0.376. The second-order valence-corrected chi connectivity index (χ2v) is 9.29. The molecule has 0 fully saturated rings. The minimum absolute atomic E-state index is 0.0523. The van der Waals surface area contributed by atoms with E-state index in [4.69, 9.17) is 4.74 Å². The van der Waals surface area contributed by atoms with Crippen molar-refractivity contribution in [2.24, 2.45) is 0 Å². The van der Waals surface area contributed by atoms with Gasteiger partial charge in [-0.1, -0.05) is 42.0 Å². The first-order valence-electron chi connectivity index (χ1n) is 9.99. The molecule has 0 amide bonds. The Kier molecular flexibility index (Phi) is 5.82. The first-order valence-corrected chi connectivity index (χ1v) is 11.5. The number of ether oxygens (including phenoxy) is 1. The zero-order valence-electron chi connectivity index (χ0n) is 17.9. The maximum absolute atomic E-state index is 13.3. The summed E-state index contributed by atoms with van der Waals surface area (Å²) in [6.07, 6.45) is 2.54. The van der Waals surface area contributed by atoms with Crippen LogP contribution in [0.4, 0.5) is 0 Å². The number of rotatable bonds is 5.